The Bertz CT molecular complexity index is 2590. The molecule has 0 amide bonds. The number of benzene rings is 3. The molecule has 1 fully saturated rings. The molecule has 0 spiro atoms. The van der Waals surface area contributed by atoms with Crippen LogP contribution in [0.15, 0.2) is 73.2 Å². The second kappa shape index (κ2) is 19.0. The van der Waals surface area contributed by atoms with Crippen LogP contribution in [-0.4, -0.2) is 106 Å². The highest BCUT2D eigenvalue weighted by Gasteiger charge is 2.30. The summed E-state index contributed by atoms with van der Waals surface area (Å²) in [6, 6.07) is 16.7. The zero-order chi connectivity index (χ0) is 44.3. The maximum Gasteiger partial charge on any atom is 0.392 e. The molecule has 3 aliphatic heterocycles. The number of alkyl halides is 3. The number of aryl methyl sites for hydroxylation is 1. The van der Waals surface area contributed by atoms with Crippen molar-refractivity contribution < 1.29 is 46.4 Å². The first-order chi connectivity index (χ1) is 30.3. The third-order valence-corrected chi connectivity index (χ3v) is 12.6. The second-order valence-corrected chi connectivity index (χ2v) is 16.9. The standard InChI is InChI=1S/C45H43ClF4N6O6S/c1-26-33-10-12-35(39(26)46)61-32(23-56-18-16-55(2)17-19-56)9-3-27-4-11-34(60-24-31-13-15-51-44(54-31)59-20-14-45(48,49)50)29(21-27)22-36(43(57)58)62-41-38-37(33)40(63-42(38)53-25-52-41)28-5-7-30(47)8-6-28/h4-8,10-13,15,21,25,32,36H,3,9,14,16-20,22-24H2,1-2H3,(H,57,58)/t32?,36-/m1/s1. The Labute approximate surface area is 369 Å². The quantitative estimate of drug-likeness (QED) is 0.132. The van der Waals surface area contributed by atoms with E-state index in [9.17, 15) is 27.5 Å². The molecule has 1 unspecified atom stereocenters. The van der Waals surface area contributed by atoms with Gasteiger partial charge in [-0.1, -0.05) is 41.9 Å². The van der Waals surface area contributed by atoms with Gasteiger partial charge in [-0.3, -0.25) is 4.90 Å². The van der Waals surface area contributed by atoms with E-state index in [4.69, 9.17) is 30.5 Å². The lowest BCUT2D eigenvalue weighted by molar-refractivity contribution is -0.145. The number of hydrogen-bond donors (Lipinski definition) is 1. The lowest BCUT2D eigenvalue weighted by Gasteiger charge is -2.35. The van der Waals surface area contributed by atoms with Gasteiger partial charge in [0.05, 0.1) is 22.5 Å². The van der Waals surface area contributed by atoms with Crippen LogP contribution in [0.2, 0.25) is 5.02 Å². The van der Waals surface area contributed by atoms with Crippen LogP contribution in [0, 0.1) is 12.7 Å². The number of nitrogens with zero attached hydrogens (tertiary/aromatic N) is 6. The maximum absolute atomic E-state index is 14.2. The van der Waals surface area contributed by atoms with Crippen molar-refractivity contribution in [3.8, 4) is 45.0 Å². The number of carbonyl (C=O) groups is 1. The molecule has 0 saturated carbocycles. The molecule has 330 valence electrons. The zero-order valence-corrected chi connectivity index (χ0v) is 35.9. The topological polar surface area (TPSA) is 132 Å². The summed E-state index contributed by atoms with van der Waals surface area (Å²) in [5.41, 5.74) is 4.51. The number of aliphatic carboxylic acids is 1. The number of rotatable bonds is 10. The van der Waals surface area contributed by atoms with Gasteiger partial charge in [0.25, 0.3) is 0 Å². The fourth-order valence-corrected chi connectivity index (χ4v) is 8.99. The van der Waals surface area contributed by atoms with E-state index in [0.717, 1.165) is 36.6 Å². The van der Waals surface area contributed by atoms with Gasteiger partial charge < -0.3 is 29.0 Å². The van der Waals surface area contributed by atoms with Gasteiger partial charge in [0.1, 0.15) is 47.8 Å². The summed E-state index contributed by atoms with van der Waals surface area (Å²) in [6.07, 6.45) is -3.62. The molecule has 2 atom stereocenters. The molecule has 9 rings (SSSR count). The molecule has 0 aliphatic carbocycles. The van der Waals surface area contributed by atoms with Crippen LogP contribution in [0.1, 0.15) is 35.2 Å². The van der Waals surface area contributed by atoms with Crippen molar-refractivity contribution in [3.63, 3.8) is 0 Å². The number of fused-ring (bicyclic) bond motifs is 7. The van der Waals surface area contributed by atoms with Crippen molar-refractivity contribution in [1.29, 1.82) is 0 Å². The van der Waals surface area contributed by atoms with Crippen LogP contribution in [0.3, 0.4) is 0 Å². The van der Waals surface area contributed by atoms with E-state index in [0.29, 0.717) is 79.6 Å². The van der Waals surface area contributed by atoms with Crippen LogP contribution < -0.4 is 18.9 Å². The minimum Gasteiger partial charge on any atom is -0.488 e. The maximum atomic E-state index is 14.2. The van der Waals surface area contributed by atoms with Crippen molar-refractivity contribution in [2.24, 2.45) is 0 Å². The normalized spacial score (nSPS) is 17.5. The summed E-state index contributed by atoms with van der Waals surface area (Å²) in [5, 5.41) is 11.6. The Kier molecular flexibility index (Phi) is 13.3. The lowest BCUT2D eigenvalue weighted by Crippen LogP contribution is -2.48. The van der Waals surface area contributed by atoms with Crippen LogP contribution in [0.25, 0.3) is 31.8 Å². The number of likely N-dealkylation sites (N-methyl/N-ethyl adjacent to an activating group) is 1. The van der Waals surface area contributed by atoms with Crippen molar-refractivity contribution in [3.05, 3.63) is 106 Å². The minimum absolute atomic E-state index is 0.0251. The van der Waals surface area contributed by atoms with E-state index in [1.807, 2.05) is 31.2 Å². The fourth-order valence-electron chi connectivity index (χ4n) is 7.63. The van der Waals surface area contributed by atoms with E-state index >= 15 is 0 Å². The Morgan fingerprint density at radius 2 is 1.79 bits per heavy atom. The van der Waals surface area contributed by atoms with Gasteiger partial charge >= 0.3 is 18.2 Å². The molecule has 3 aromatic heterocycles. The monoisotopic (exact) mass is 906 g/mol. The van der Waals surface area contributed by atoms with Crippen molar-refractivity contribution in [2.45, 2.75) is 57.6 Å². The number of hydrogen-bond acceptors (Lipinski definition) is 12. The van der Waals surface area contributed by atoms with E-state index in [-0.39, 0.29) is 31.0 Å². The molecule has 6 aromatic rings. The number of carboxylic acid groups (broad SMARTS) is 1. The van der Waals surface area contributed by atoms with Crippen LogP contribution in [-0.2, 0) is 24.2 Å². The molecular formula is C45H43ClF4N6O6S. The largest absolute Gasteiger partial charge is 0.488 e. The first kappa shape index (κ1) is 44.0. The summed E-state index contributed by atoms with van der Waals surface area (Å²) < 4.78 is 77.0. The van der Waals surface area contributed by atoms with Gasteiger partial charge in [-0.05, 0) is 85.0 Å². The predicted octanol–water partition coefficient (Wildman–Crippen LogP) is 8.84. The molecule has 12 nitrogen and oxygen atoms in total. The van der Waals surface area contributed by atoms with E-state index < -0.39 is 37.1 Å². The zero-order valence-electron chi connectivity index (χ0n) is 34.3. The minimum atomic E-state index is -4.40. The smallest absolute Gasteiger partial charge is 0.392 e. The highest BCUT2D eigenvalue weighted by atomic mass is 35.5. The molecule has 1 N–H and O–H groups in total. The Morgan fingerprint density at radius 1 is 1.00 bits per heavy atom. The average molecular weight is 907 g/mol. The van der Waals surface area contributed by atoms with Gasteiger partial charge in [-0.15, -0.1) is 11.3 Å². The second-order valence-electron chi connectivity index (χ2n) is 15.5. The summed E-state index contributed by atoms with van der Waals surface area (Å²) in [6.45, 7) is 5.39. The third-order valence-electron chi connectivity index (χ3n) is 11.0. The van der Waals surface area contributed by atoms with Gasteiger partial charge in [0.2, 0.25) is 12.0 Å². The fraction of sp³-hybridized carbons (Fsp3) is 0.356. The number of carboxylic acids is 1. The molecule has 3 aliphatic rings. The first-order valence-corrected chi connectivity index (χ1v) is 21.5. The Morgan fingerprint density at radius 3 is 2.56 bits per heavy atom. The Hall–Kier alpha value is -5.62. The van der Waals surface area contributed by atoms with Gasteiger partial charge in [-0.2, -0.15) is 18.2 Å². The third kappa shape index (κ3) is 10.6. The van der Waals surface area contributed by atoms with E-state index in [1.165, 1.54) is 36.0 Å². The molecule has 0 radical (unpaired) electrons. The lowest BCUT2D eigenvalue weighted by atomic mass is 9.96. The van der Waals surface area contributed by atoms with E-state index in [2.05, 4.69) is 36.8 Å². The van der Waals surface area contributed by atoms with Crippen molar-refractivity contribution in [2.75, 3.05) is 46.4 Å². The number of ether oxygens (including phenoxy) is 4. The van der Waals surface area contributed by atoms with Gasteiger partial charge in [-0.25, -0.2) is 24.1 Å². The molecule has 63 heavy (non-hydrogen) atoms. The van der Waals surface area contributed by atoms with Gasteiger partial charge in [0.15, 0.2) is 0 Å². The SMILES string of the molecule is Cc1c2ccc(c1Cl)OC(CN1CCN(C)CC1)CCc1ccc(OCc3ccnc(OCCC(F)(F)F)n3)c(c1)C[C@H](C(=O)O)Oc1ncnc3sc(-c4ccc(F)cc4)c-2c13. The Balaban J connectivity index is 1.20. The number of aromatic nitrogens is 4. The van der Waals surface area contributed by atoms with E-state index in [1.54, 1.807) is 24.3 Å². The molecular weight excluding hydrogens is 864 g/mol. The number of thiophene rings is 1. The molecule has 18 heteroatoms. The van der Waals surface area contributed by atoms with Crippen LogP contribution in [0.5, 0.6) is 23.4 Å². The molecule has 6 heterocycles. The summed E-state index contributed by atoms with van der Waals surface area (Å²) in [7, 11) is 2.10. The first-order valence-electron chi connectivity index (χ1n) is 20.3. The number of piperazine rings is 1. The predicted molar refractivity (Wildman–Crippen MR) is 229 cm³/mol. The summed E-state index contributed by atoms with van der Waals surface area (Å²) >= 11 is 8.55. The van der Waals surface area contributed by atoms with Crippen LogP contribution in [0.4, 0.5) is 17.6 Å². The average Bonchev–Trinajstić information content (AvgIpc) is 3.64. The van der Waals surface area contributed by atoms with Crippen LogP contribution >= 0.6 is 22.9 Å². The molecule has 1 saturated heterocycles. The number of halogens is 5. The van der Waals surface area contributed by atoms with Crippen molar-refractivity contribution in [1.82, 2.24) is 29.7 Å². The highest BCUT2D eigenvalue weighted by Crippen LogP contribution is 2.49. The van der Waals surface area contributed by atoms with Crippen molar-refractivity contribution >= 4 is 39.1 Å². The van der Waals surface area contributed by atoms with Gasteiger partial charge in [0, 0.05) is 55.8 Å². The molecule has 3 aromatic carbocycles. The highest BCUT2D eigenvalue weighted by molar-refractivity contribution is 7.22. The summed E-state index contributed by atoms with van der Waals surface area (Å²) in [5.74, 6) is -0.769. The molecule has 4 bridgehead atoms. The summed E-state index contributed by atoms with van der Waals surface area (Å²) in [4.78, 5) is 36.2.